The Morgan fingerprint density at radius 2 is 2.16 bits per heavy atom. The summed E-state index contributed by atoms with van der Waals surface area (Å²) in [6, 6.07) is 6.61. The van der Waals surface area contributed by atoms with E-state index in [9.17, 15) is 8.60 Å². The molecule has 0 radical (unpaired) electrons. The molecular weight excluding hydrogens is 269 g/mol. The van der Waals surface area contributed by atoms with E-state index in [2.05, 4.69) is 0 Å². The standard InChI is InChI=1S/C13H16FNO3S/c1-13(9-5-3-4-6-11(9)14)10-7-17-8-12(10)18-19(16)15(13)2/h3-6,10,12H,7-8H2,1-2H3/t10-,12+,13+,19?/m0/s1. The van der Waals surface area contributed by atoms with Crippen molar-refractivity contribution < 1.29 is 17.5 Å². The second kappa shape index (κ2) is 4.63. The molecule has 1 unspecified atom stereocenters. The Kier molecular flexibility index (Phi) is 3.21. The summed E-state index contributed by atoms with van der Waals surface area (Å²) in [4.78, 5) is 0. The van der Waals surface area contributed by atoms with Gasteiger partial charge in [0.25, 0.3) is 0 Å². The second-order valence-electron chi connectivity index (χ2n) is 5.12. The topological polar surface area (TPSA) is 38.8 Å². The highest BCUT2D eigenvalue weighted by molar-refractivity contribution is 7.77. The number of benzene rings is 1. The molecule has 0 spiro atoms. The average Bonchev–Trinajstić information content (AvgIpc) is 2.85. The van der Waals surface area contributed by atoms with Gasteiger partial charge in [0.05, 0.1) is 18.8 Å². The van der Waals surface area contributed by atoms with Crippen molar-refractivity contribution >= 4 is 11.3 Å². The van der Waals surface area contributed by atoms with Crippen LogP contribution in [0.15, 0.2) is 24.3 Å². The van der Waals surface area contributed by atoms with Crippen molar-refractivity contribution in [3.63, 3.8) is 0 Å². The van der Waals surface area contributed by atoms with Gasteiger partial charge in [-0.2, -0.15) is 4.31 Å². The Labute approximate surface area is 114 Å². The summed E-state index contributed by atoms with van der Waals surface area (Å²) in [7, 11) is 1.69. The summed E-state index contributed by atoms with van der Waals surface area (Å²) < 4.78 is 38.7. The molecule has 0 saturated carbocycles. The van der Waals surface area contributed by atoms with Gasteiger partial charge in [-0.05, 0) is 13.0 Å². The van der Waals surface area contributed by atoms with Crippen LogP contribution in [0, 0.1) is 11.7 Å². The van der Waals surface area contributed by atoms with Gasteiger partial charge in [0, 0.05) is 18.5 Å². The zero-order chi connectivity index (χ0) is 13.6. The summed E-state index contributed by atoms with van der Waals surface area (Å²) in [5, 5.41) is 0. The lowest BCUT2D eigenvalue weighted by atomic mass is 9.77. The molecule has 2 saturated heterocycles. The van der Waals surface area contributed by atoms with Crippen LogP contribution in [-0.4, -0.2) is 34.9 Å². The van der Waals surface area contributed by atoms with Crippen LogP contribution in [0.4, 0.5) is 4.39 Å². The number of nitrogens with zero attached hydrogens (tertiary/aromatic N) is 1. The molecule has 1 aromatic rings. The van der Waals surface area contributed by atoms with Gasteiger partial charge in [-0.25, -0.2) is 8.60 Å². The van der Waals surface area contributed by atoms with Crippen molar-refractivity contribution in [1.29, 1.82) is 0 Å². The van der Waals surface area contributed by atoms with Crippen molar-refractivity contribution in [1.82, 2.24) is 4.31 Å². The summed E-state index contributed by atoms with van der Waals surface area (Å²) in [5.74, 6) is -0.325. The molecule has 0 bridgehead atoms. The summed E-state index contributed by atoms with van der Waals surface area (Å²) in [5.41, 5.74) is -0.162. The van der Waals surface area contributed by atoms with Crippen molar-refractivity contribution in [2.24, 2.45) is 5.92 Å². The molecule has 1 aromatic carbocycles. The lowest BCUT2D eigenvalue weighted by molar-refractivity contribution is 0.0276. The summed E-state index contributed by atoms with van der Waals surface area (Å²) in [6.45, 7) is 2.80. The number of hydrogen-bond donors (Lipinski definition) is 0. The molecule has 2 fully saturated rings. The largest absolute Gasteiger partial charge is 0.378 e. The van der Waals surface area contributed by atoms with Gasteiger partial charge in [0.2, 0.25) is 11.3 Å². The van der Waals surface area contributed by atoms with E-state index in [0.717, 1.165) is 0 Å². The Hall–Kier alpha value is -0.820. The maximum Gasteiger partial charge on any atom is 0.238 e. The molecule has 0 amide bonds. The van der Waals surface area contributed by atoms with Gasteiger partial charge >= 0.3 is 0 Å². The maximum absolute atomic E-state index is 14.2. The predicted molar refractivity (Wildman–Crippen MR) is 68.8 cm³/mol. The molecular formula is C13H16FNO3S. The van der Waals surface area contributed by atoms with Crippen LogP contribution < -0.4 is 0 Å². The Balaban J connectivity index is 2.13. The molecule has 6 heteroatoms. The summed E-state index contributed by atoms with van der Waals surface area (Å²) in [6.07, 6.45) is -0.248. The van der Waals surface area contributed by atoms with E-state index < -0.39 is 16.8 Å². The van der Waals surface area contributed by atoms with Gasteiger partial charge in [-0.3, -0.25) is 4.18 Å². The first-order valence-electron chi connectivity index (χ1n) is 6.20. The van der Waals surface area contributed by atoms with Crippen LogP contribution in [-0.2, 0) is 25.7 Å². The van der Waals surface area contributed by atoms with E-state index in [1.165, 1.54) is 6.07 Å². The fourth-order valence-corrected chi connectivity index (χ4v) is 4.03. The highest BCUT2D eigenvalue weighted by atomic mass is 32.2. The van der Waals surface area contributed by atoms with Crippen molar-refractivity contribution in [3.05, 3.63) is 35.6 Å². The number of hydrogen-bond acceptors (Lipinski definition) is 3. The first kappa shape index (κ1) is 13.2. The predicted octanol–water partition coefficient (Wildman–Crippen LogP) is 1.60. The normalized spacial score (nSPS) is 39.2. The quantitative estimate of drug-likeness (QED) is 0.786. The van der Waals surface area contributed by atoms with Gasteiger partial charge in [0.15, 0.2) is 0 Å². The molecule has 3 rings (SSSR count). The van der Waals surface area contributed by atoms with Gasteiger partial charge in [0.1, 0.15) is 11.9 Å². The molecule has 2 aliphatic heterocycles. The third-order valence-electron chi connectivity index (χ3n) is 4.25. The minimum absolute atomic E-state index is 0.0351. The molecule has 2 aliphatic rings. The van der Waals surface area contributed by atoms with Crippen LogP contribution in [0.2, 0.25) is 0 Å². The van der Waals surface area contributed by atoms with E-state index in [-0.39, 0.29) is 17.8 Å². The Morgan fingerprint density at radius 3 is 2.89 bits per heavy atom. The van der Waals surface area contributed by atoms with E-state index in [1.807, 2.05) is 6.92 Å². The molecule has 0 N–H and O–H groups in total. The van der Waals surface area contributed by atoms with Crippen LogP contribution >= 0.6 is 0 Å². The molecule has 2 heterocycles. The minimum atomic E-state index is -1.59. The molecule has 0 aromatic heterocycles. The first-order valence-corrected chi connectivity index (χ1v) is 7.24. The number of halogens is 1. The van der Waals surface area contributed by atoms with Crippen LogP contribution in [0.5, 0.6) is 0 Å². The lowest BCUT2D eigenvalue weighted by Crippen LogP contribution is -2.57. The number of fused-ring (bicyclic) bond motifs is 1. The number of rotatable bonds is 1. The Morgan fingerprint density at radius 1 is 1.42 bits per heavy atom. The van der Waals surface area contributed by atoms with Gasteiger partial charge < -0.3 is 4.74 Å². The zero-order valence-corrected chi connectivity index (χ0v) is 11.7. The van der Waals surface area contributed by atoms with E-state index in [0.29, 0.717) is 18.8 Å². The highest BCUT2D eigenvalue weighted by Crippen LogP contribution is 2.45. The smallest absolute Gasteiger partial charge is 0.238 e. The van der Waals surface area contributed by atoms with Crippen LogP contribution in [0.1, 0.15) is 12.5 Å². The second-order valence-corrected chi connectivity index (χ2v) is 6.29. The molecule has 0 aliphatic carbocycles. The minimum Gasteiger partial charge on any atom is -0.378 e. The van der Waals surface area contributed by atoms with Crippen molar-refractivity contribution in [2.45, 2.75) is 18.6 Å². The monoisotopic (exact) mass is 285 g/mol. The van der Waals surface area contributed by atoms with Crippen LogP contribution in [0.3, 0.4) is 0 Å². The first-order chi connectivity index (χ1) is 9.05. The van der Waals surface area contributed by atoms with Gasteiger partial charge in [-0.15, -0.1) is 0 Å². The lowest BCUT2D eigenvalue weighted by Gasteiger charge is -2.47. The van der Waals surface area contributed by atoms with E-state index >= 15 is 0 Å². The fraction of sp³-hybridized carbons (Fsp3) is 0.538. The average molecular weight is 285 g/mol. The molecule has 19 heavy (non-hydrogen) atoms. The van der Waals surface area contributed by atoms with Gasteiger partial charge in [-0.1, -0.05) is 18.2 Å². The van der Waals surface area contributed by atoms with E-state index in [4.69, 9.17) is 8.92 Å². The highest BCUT2D eigenvalue weighted by Gasteiger charge is 2.54. The Bertz CT molecular complexity index is 526. The maximum atomic E-state index is 14.2. The van der Waals surface area contributed by atoms with Crippen LogP contribution in [0.25, 0.3) is 0 Å². The fourth-order valence-electron chi connectivity index (χ4n) is 2.95. The molecule has 4 nitrogen and oxygen atoms in total. The molecule has 4 atom stereocenters. The molecule has 104 valence electrons. The third kappa shape index (κ3) is 1.86. The van der Waals surface area contributed by atoms with E-state index in [1.54, 1.807) is 29.6 Å². The summed E-state index contributed by atoms with van der Waals surface area (Å²) >= 11 is -1.59. The SMILES string of the molecule is CN1S(=O)O[C@@H]2COC[C@@H]2[C@@]1(C)c1ccccc1F. The third-order valence-corrected chi connectivity index (χ3v) is 5.49. The number of ether oxygens (including phenoxy) is 1. The zero-order valence-electron chi connectivity index (χ0n) is 10.8. The van der Waals surface area contributed by atoms with Crippen molar-refractivity contribution in [2.75, 3.05) is 20.3 Å². The van der Waals surface area contributed by atoms with Crippen molar-refractivity contribution in [3.8, 4) is 0 Å².